The molecular weight excluding hydrogens is 154 g/mol. The van der Waals surface area contributed by atoms with Gasteiger partial charge in [0.25, 0.3) is 22.6 Å². The van der Waals surface area contributed by atoms with Crippen LogP contribution < -0.4 is 15.4 Å². The Hall–Kier alpha value is 0.555. The molecule has 3 radical (unpaired) electrons. The molecule has 1 heterocycles. The third kappa shape index (κ3) is 3.17. The van der Waals surface area contributed by atoms with Gasteiger partial charge in [0.15, 0.2) is 0 Å². The molecule has 7 heteroatoms. The van der Waals surface area contributed by atoms with Crippen molar-refractivity contribution < 1.29 is 0 Å². The van der Waals surface area contributed by atoms with Gasteiger partial charge in [0, 0.05) is 0 Å². The fourth-order valence-electron chi connectivity index (χ4n) is 0.269. The van der Waals surface area contributed by atoms with Crippen LogP contribution >= 0.6 is 17.0 Å². The van der Waals surface area contributed by atoms with E-state index in [0.717, 1.165) is 0 Å². The fourth-order valence-corrected chi connectivity index (χ4v) is 0.269. The van der Waals surface area contributed by atoms with Gasteiger partial charge in [0.2, 0.25) is 0 Å². The Bertz CT molecular complexity index is 25.7. The molecule has 0 aliphatic carbocycles. The summed E-state index contributed by atoms with van der Waals surface area (Å²) in [6, 6.07) is 0. The Balaban J connectivity index is 0.000000360. The van der Waals surface area contributed by atoms with Crippen molar-refractivity contribution in [1.82, 2.24) is 15.4 Å². The van der Waals surface area contributed by atoms with Crippen LogP contribution in [0.4, 0.5) is 0 Å². The van der Waals surface area contributed by atoms with Gasteiger partial charge in [0.05, 0.1) is 0 Å². The lowest BCUT2D eigenvalue weighted by molar-refractivity contribution is 1.28. The summed E-state index contributed by atoms with van der Waals surface area (Å²) in [6.07, 6.45) is 0. The first-order valence-electron chi connectivity index (χ1n) is 1.73. The highest BCUT2D eigenvalue weighted by Crippen LogP contribution is 1.46. The second kappa shape index (κ2) is 4.71. The van der Waals surface area contributed by atoms with Crippen LogP contribution in [0.3, 0.4) is 0 Å². The Kier molecular flexibility index (Phi) is 5.08. The molecule has 3 N–H and O–H groups in total. The third-order valence-electron chi connectivity index (χ3n) is 0.500. The maximum Gasteiger partial charge on any atom is 0.284 e. The minimum absolute atomic E-state index is 0. The fraction of sp³-hybridized carbons (Fsp3) is 0. The van der Waals surface area contributed by atoms with E-state index in [9.17, 15) is 0 Å². The monoisotopic (exact) mass is 158 g/mol. The molecular formula is H4B3BrN3. The van der Waals surface area contributed by atoms with Crippen molar-refractivity contribution in [1.29, 1.82) is 0 Å². The van der Waals surface area contributed by atoms with Gasteiger partial charge in [-0.25, -0.2) is 0 Å². The Morgan fingerprint density at radius 2 is 1.00 bits per heavy atom. The zero-order valence-corrected chi connectivity index (χ0v) is 5.35. The maximum absolute atomic E-state index is 2.78. The smallest absolute Gasteiger partial charge is 0.284 e. The van der Waals surface area contributed by atoms with Crippen molar-refractivity contribution >= 4 is 39.6 Å². The Labute approximate surface area is 55.6 Å². The quantitative estimate of drug-likeness (QED) is 0.355. The highest BCUT2D eigenvalue weighted by Gasteiger charge is 1.98. The van der Waals surface area contributed by atoms with Crippen LogP contribution in [0.1, 0.15) is 0 Å². The van der Waals surface area contributed by atoms with Crippen LogP contribution in [0, 0.1) is 0 Å². The van der Waals surface area contributed by atoms with E-state index in [4.69, 9.17) is 0 Å². The summed E-state index contributed by atoms with van der Waals surface area (Å²) in [6.45, 7) is 0. The van der Waals surface area contributed by atoms with E-state index in [1.165, 1.54) is 0 Å². The van der Waals surface area contributed by atoms with Crippen molar-refractivity contribution in [2.75, 3.05) is 0 Å². The summed E-state index contributed by atoms with van der Waals surface area (Å²) in [4.78, 5) is 0. The van der Waals surface area contributed by atoms with Gasteiger partial charge in [-0.15, -0.1) is 17.0 Å². The van der Waals surface area contributed by atoms with Crippen LogP contribution in [0.5, 0.6) is 0 Å². The molecule has 0 aromatic carbocycles. The van der Waals surface area contributed by atoms with Crippen molar-refractivity contribution in [3.63, 3.8) is 0 Å². The lowest BCUT2D eigenvalue weighted by atomic mass is 9.85. The van der Waals surface area contributed by atoms with E-state index in [1.54, 1.807) is 22.6 Å². The molecule has 3 nitrogen and oxygen atoms in total. The van der Waals surface area contributed by atoms with Crippen LogP contribution in [-0.2, 0) is 0 Å². The molecule has 1 rings (SSSR count). The summed E-state index contributed by atoms with van der Waals surface area (Å²) in [5, 5.41) is 8.34. The van der Waals surface area contributed by atoms with Crippen LogP contribution in [0.2, 0.25) is 0 Å². The normalized spacial score (nSPS) is 17.1. The van der Waals surface area contributed by atoms with Gasteiger partial charge >= 0.3 is 0 Å². The average molecular weight is 158 g/mol. The van der Waals surface area contributed by atoms with E-state index in [-0.39, 0.29) is 17.0 Å². The predicted octanol–water partition coefficient (Wildman–Crippen LogP) is -2.05. The molecule has 7 heavy (non-hydrogen) atoms. The third-order valence-corrected chi connectivity index (χ3v) is 0.500. The highest BCUT2D eigenvalue weighted by atomic mass is 79.9. The summed E-state index contributed by atoms with van der Waals surface area (Å²) in [5.41, 5.74) is 0. The van der Waals surface area contributed by atoms with Gasteiger partial charge in [-0.05, 0) is 0 Å². The lowest BCUT2D eigenvalue weighted by Crippen LogP contribution is -2.55. The lowest BCUT2D eigenvalue weighted by Gasteiger charge is -2.07. The number of rotatable bonds is 0. The standard InChI is InChI=1S/B3H3N3.BrH/c1-4-2-6-3-5-1;/h4-6H;1H. The number of hydrogen-bond acceptors (Lipinski definition) is 3. The second-order valence-corrected chi connectivity index (χ2v) is 0.933. The van der Waals surface area contributed by atoms with E-state index < -0.39 is 0 Å². The van der Waals surface area contributed by atoms with E-state index >= 15 is 0 Å². The average Bonchev–Trinajstić information content (AvgIpc) is 1.72. The second-order valence-electron chi connectivity index (χ2n) is 0.933. The maximum atomic E-state index is 2.78. The molecule has 35 valence electrons. The molecule has 0 spiro atoms. The Morgan fingerprint density at radius 3 is 1.14 bits per heavy atom. The minimum atomic E-state index is 0. The van der Waals surface area contributed by atoms with Gasteiger partial charge < -0.3 is 15.4 Å². The van der Waals surface area contributed by atoms with Crippen molar-refractivity contribution in [2.45, 2.75) is 0 Å². The van der Waals surface area contributed by atoms with E-state index in [0.29, 0.717) is 0 Å². The molecule has 0 aromatic rings. The van der Waals surface area contributed by atoms with Gasteiger partial charge in [-0.2, -0.15) is 0 Å². The largest absolute Gasteiger partial charge is 0.379 e. The first-order chi connectivity index (χ1) is 3.00. The van der Waals surface area contributed by atoms with Crippen LogP contribution in [-0.4, -0.2) is 22.6 Å². The van der Waals surface area contributed by atoms with Crippen LogP contribution in [0.25, 0.3) is 0 Å². The molecule has 0 aromatic heterocycles. The minimum Gasteiger partial charge on any atom is -0.379 e. The molecule has 0 atom stereocenters. The van der Waals surface area contributed by atoms with Gasteiger partial charge in [0.1, 0.15) is 0 Å². The molecule has 1 aliphatic heterocycles. The van der Waals surface area contributed by atoms with Crippen molar-refractivity contribution in [3.05, 3.63) is 0 Å². The van der Waals surface area contributed by atoms with Crippen molar-refractivity contribution in [3.8, 4) is 0 Å². The summed E-state index contributed by atoms with van der Waals surface area (Å²) >= 11 is 0. The Morgan fingerprint density at radius 1 is 0.714 bits per heavy atom. The number of halogens is 1. The summed E-state index contributed by atoms with van der Waals surface area (Å²) < 4.78 is 0. The zero-order valence-electron chi connectivity index (χ0n) is 3.64. The van der Waals surface area contributed by atoms with Crippen LogP contribution in [0.15, 0.2) is 0 Å². The van der Waals surface area contributed by atoms with E-state index in [1.807, 2.05) is 0 Å². The zero-order chi connectivity index (χ0) is 4.24. The summed E-state index contributed by atoms with van der Waals surface area (Å²) in [5.74, 6) is 0. The SMILES string of the molecule is Br.[B]1N[B]N[B]N1. The van der Waals surface area contributed by atoms with Crippen molar-refractivity contribution in [2.24, 2.45) is 0 Å². The summed E-state index contributed by atoms with van der Waals surface area (Å²) in [7, 11) is 5.16. The first kappa shape index (κ1) is 7.55. The molecule has 1 saturated heterocycles. The molecule has 0 unspecified atom stereocenters. The number of nitrogens with one attached hydrogen (secondary N) is 3. The highest BCUT2D eigenvalue weighted by molar-refractivity contribution is 8.93. The topological polar surface area (TPSA) is 36.1 Å². The molecule has 0 bridgehead atoms. The van der Waals surface area contributed by atoms with Gasteiger partial charge in [-0.3, -0.25) is 0 Å². The van der Waals surface area contributed by atoms with E-state index in [2.05, 4.69) is 15.4 Å². The molecule has 0 saturated carbocycles. The number of hydrogen-bond donors (Lipinski definition) is 3. The first-order valence-corrected chi connectivity index (χ1v) is 1.73. The predicted molar refractivity (Wildman–Crippen MR) is 37.0 cm³/mol. The molecule has 1 fully saturated rings. The molecule has 0 amide bonds. The molecule has 1 aliphatic rings. The van der Waals surface area contributed by atoms with Gasteiger partial charge in [-0.1, -0.05) is 0 Å².